The molecule has 1 amide bonds. The SMILES string of the molecule is CCOCC(C(=O)OCC)N(C(=O)c1ccccn1)C(F)(F)F. The predicted molar refractivity (Wildman–Crippen MR) is 73.4 cm³/mol. The molecular formula is C14H17F3N2O4. The molecule has 0 aliphatic heterocycles. The molecule has 1 unspecified atom stereocenters. The Bertz CT molecular complexity index is 523. The Balaban J connectivity index is 3.19. The maximum atomic E-state index is 13.3. The number of ether oxygens (including phenoxy) is 2. The Labute approximate surface area is 131 Å². The third kappa shape index (κ3) is 5.20. The molecule has 1 atom stereocenters. The highest BCUT2D eigenvalue weighted by Gasteiger charge is 2.49. The minimum absolute atomic E-state index is 0.0827. The second-order valence-electron chi connectivity index (χ2n) is 4.29. The molecule has 0 fully saturated rings. The Kier molecular flexibility index (Phi) is 6.95. The molecule has 0 bridgehead atoms. The number of amides is 1. The van der Waals surface area contributed by atoms with E-state index >= 15 is 0 Å². The first-order chi connectivity index (χ1) is 10.8. The largest absolute Gasteiger partial charge is 0.488 e. The number of aromatic nitrogens is 1. The zero-order valence-corrected chi connectivity index (χ0v) is 12.7. The summed E-state index contributed by atoms with van der Waals surface area (Å²) in [4.78, 5) is 27.1. The Morgan fingerprint density at radius 1 is 1.26 bits per heavy atom. The second-order valence-corrected chi connectivity index (χ2v) is 4.29. The Hall–Kier alpha value is -2.16. The first kappa shape index (κ1) is 18.9. The third-order valence-electron chi connectivity index (χ3n) is 2.73. The van der Waals surface area contributed by atoms with Crippen LogP contribution in [0.2, 0.25) is 0 Å². The number of esters is 1. The van der Waals surface area contributed by atoms with Gasteiger partial charge in [-0.1, -0.05) is 6.07 Å². The van der Waals surface area contributed by atoms with E-state index in [0.29, 0.717) is 0 Å². The van der Waals surface area contributed by atoms with Crippen LogP contribution in [-0.4, -0.2) is 53.9 Å². The maximum absolute atomic E-state index is 13.3. The molecule has 23 heavy (non-hydrogen) atoms. The van der Waals surface area contributed by atoms with Gasteiger partial charge in [-0.2, -0.15) is 0 Å². The molecule has 1 aromatic heterocycles. The van der Waals surface area contributed by atoms with Crippen LogP contribution in [0, 0.1) is 0 Å². The average molecular weight is 334 g/mol. The van der Waals surface area contributed by atoms with Crippen molar-refractivity contribution >= 4 is 11.9 Å². The highest BCUT2D eigenvalue weighted by molar-refractivity contribution is 5.95. The zero-order valence-electron chi connectivity index (χ0n) is 12.7. The molecular weight excluding hydrogens is 317 g/mol. The normalized spacial score (nSPS) is 12.6. The van der Waals surface area contributed by atoms with Gasteiger partial charge in [-0.05, 0) is 26.0 Å². The van der Waals surface area contributed by atoms with E-state index in [2.05, 4.69) is 9.72 Å². The Morgan fingerprint density at radius 2 is 1.96 bits per heavy atom. The third-order valence-corrected chi connectivity index (χ3v) is 2.73. The van der Waals surface area contributed by atoms with Gasteiger partial charge in [0.25, 0.3) is 5.91 Å². The average Bonchev–Trinajstić information content (AvgIpc) is 2.50. The highest BCUT2D eigenvalue weighted by Crippen LogP contribution is 2.26. The summed E-state index contributed by atoms with van der Waals surface area (Å²) in [6, 6.07) is 2.02. The first-order valence-corrected chi connectivity index (χ1v) is 6.88. The number of carbonyl (C=O) groups is 2. The zero-order chi connectivity index (χ0) is 17.5. The number of pyridine rings is 1. The molecule has 0 aliphatic carbocycles. The van der Waals surface area contributed by atoms with Crippen LogP contribution >= 0.6 is 0 Å². The molecule has 0 aromatic carbocycles. The number of hydrogen-bond donors (Lipinski definition) is 0. The smallest absolute Gasteiger partial charge is 0.464 e. The van der Waals surface area contributed by atoms with Crippen molar-refractivity contribution in [2.75, 3.05) is 19.8 Å². The minimum Gasteiger partial charge on any atom is -0.464 e. The van der Waals surface area contributed by atoms with E-state index in [4.69, 9.17) is 4.74 Å². The van der Waals surface area contributed by atoms with Gasteiger partial charge in [0.1, 0.15) is 5.69 Å². The van der Waals surface area contributed by atoms with Crippen LogP contribution in [0.5, 0.6) is 0 Å². The summed E-state index contributed by atoms with van der Waals surface area (Å²) < 4.78 is 49.6. The number of halogens is 3. The van der Waals surface area contributed by atoms with E-state index in [1.165, 1.54) is 25.3 Å². The van der Waals surface area contributed by atoms with Gasteiger partial charge in [0.2, 0.25) is 0 Å². The summed E-state index contributed by atoms with van der Waals surface area (Å²) in [6.45, 7) is 2.34. The van der Waals surface area contributed by atoms with E-state index in [1.807, 2.05) is 0 Å². The molecule has 0 saturated carbocycles. The summed E-state index contributed by atoms with van der Waals surface area (Å²) in [5.41, 5.74) is -0.435. The molecule has 0 N–H and O–H groups in total. The van der Waals surface area contributed by atoms with Crippen LogP contribution in [-0.2, 0) is 14.3 Å². The van der Waals surface area contributed by atoms with Crippen LogP contribution in [0.3, 0.4) is 0 Å². The lowest BCUT2D eigenvalue weighted by molar-refractivity contribution is -0.243. The van der Waals surface area contributed by atoms with Crippen molar-refractivity contribution in [1.29, 1.82) is 0 Å². The van der Waals surface area contributed by atoms with Crippen molar-refractivity contribution in [3.8, 4) is 0 Å². The van der Waals surface area contributed by atoms with Crippen molar-refractivity contribution in [2.24, 2.45) is 0 Å². The van der Waals surface area contributed by atoms with Crippen molar-refractivity contribution in [3.63, 3.8) is 0 Å². The molecule has 9 heteroatoms. The van der Waals surface area contributed by atoms with Gasteiger partial charge in [-0.15, -0.1) is 13.2 Å². The van der Waals surface area contributed by atoms with Gasteiger partial charge in [0.05, 0.1) is 13.2 Å². The quantitative estimate of drug-likeness (QED) is 0.564. The molecule has 0 aliphatic rings. The summed E-state index contributed by atoms with van der Waals surface area (Å²) in [5, 5.41) is 0. The fraction of sp³-hybridized carbons (Fsp3) is 0.500. The minimum atomic E-state index is -5.09. The van der Waals surface area contributed by atoms with Crippen molar-refractivity contribution in [3.05, 3.63) is 30.1 Å². The molecule has 1 heterocycles. The van der Waals surface area contributed by atoms with Gasteiger partial charge >= 0.3 is 12.3 Å². The monoisotopic (exact) mass is 334 g/mol. The van der Waals surface area contributed by atoms with Gasteiger partial charge in [0, 0.05) is 12.8 Å². The van der Waals surface area contributed by atoms with Crippen molar-refractivity contribution in [1.82, 2.24) is 9.88 Å². The van der Waals surface area contributed by atoms with E-state index < -0.39 is 41.4 Å². The molecule has 6 nitrogen and oxygen atoms in total. The molecule has 0 radical (unpaired) electrons. The fourth-order valence-electron chi connectivity index (χ4n) is 1.76. The predicted octanol–water partition coefficient (Wildman–Crippen LogP) is 2.01. The highest BCUT2D eigenvalue weighted by atomic mass is 19.4. The molecule has 0 spiro atoms. The number of nitrogens with zero attached hydrogens (tertiary/aromatic N) is 2. The van der Waals surface area contributed by atoms with Gasteiger partial charge in [-0.3, -0.25) is 9.78 Å². The van der Waals surface area contributed by atoms with Gasteiger partial charge < -0.3 is 9.47 Å². The summed E-state index contributed by atoms with van der Waals surface area (Å²) in [7, 11) is 0. The van der Waals surface area contributed by atoms with Crippen molar-refractivity contribution < 1.29 is 32.2 Å². The van der Waals surface area contributed by atoms with E-state index in [1.54, 1.807) is 6.92 Å². The Morgan fingerprint density at radius 3 is 2.43 bits per heavy atom. The number of hydrogen-bond acceptors (Lipinski definition) is 5. The fourth-order valence-corrected chi connectivity index (χ4v) is 1.76. The lowest BCUT2D eigenvalue weighted by Gasteiger charge is -2.31. The summed E-state index contributed by atoms with van der Waals surface area (Å²) in [6.07, 6.45) is -3.91. The second kappa shape index (κ2) is 8.47. The van der Waals surface area contributed by atoms with Crippen LogP contribution in [0.4, 0.5) is 13.2 Å². The van der Waals surface area contributed by atoms with Crippen molar-refractivity contribution in [2.45, 2.75) is 26.2 Å². The molecule has 1 aromatic rings. The van der Waals surface area contributed by atoms with E-state index in [0.717, 1.165) is 6.07 Å². The van der Waals surface area contributed by atoms with Gasteiger partial charge in [0.15, 0.2) is 6.04 Å². The standard InChI is InChI=1S/C14H17F3N2O4/c1-3-22-9-11(13(21)23-4-2)19(14(15,16)17)12(20)10-7-5-6-8-18-10/h5-8,11H,3-4,9H2,1-2H3. The maximum Gasteiger partial charge on any atom is 0.488 e. The topological polar surface area (TPSA) is 68.7 Å². The molecule has 0 saturated heterocycles. The van der Waals surface area contributed by atoms with Crippen LogP contribution < -0.4 is 0 Å². The van der Waals surface area contributed by atoms with Crippen LogP contribution in [0.15, 0.2) is 24.4 Å². The molecule has 1 rings (SSSR count). The summed E-state index contributed by atoms with van der Waals surface area (Å²) >= 11 is 0. The van der Waals surface area contributed by atoms with Crippen LogP contribution in [0.1, 0.15) is 24.3 Å². The number of rotatable bonds is 7. The lowest BCUT2D eigenvalue weighted by atomic mass is 10.2. The number of carbonyl (C=O) groups excluding carboxylic acids is 2. The number of alkyl halides is 3. The first-order valence-electron chi connectivity index (χ1n) is 6.88. The van der Waals surface area contributed by atoms with Crippen LogP contribution in [0.25, 0.3) is 0 Å². The lowest BCUT2D eigenvalue weighted by Crippen LogP contribution is -2.55. The van der Waals surface area contributed by atoms with Gasteiger partial charge in [-0.25, -0.2) is 9.69 Å². The van der Waals surface area contributed by atoms with E-state index in [9.17, 15) is 22.8 Å². The molecule has 128 valence electrons. The van der Waals surface area contributed by atoms with E-state index in [-0.39, 0.29) is 13.2 Å². The summed E-state index contributed by atoms with van der Waals surface area (Å²) in [5.74, 6) is -2.64.